The van der Waals surface area contributed by atoms with Crippen LogP contribution in [0, 0.1) is 6.92 Å². The Kier molecular flexibility index (Phi) is 6.31. The lowest BCUT2D eigenvalue weighted by molar-refractivity contribution is 0.0526. The van der Waals surface area contributed by atoms with E-state index in [1.807, 2.05) is 78.9 Å². The highest BCUT2D eigenvalue weighted by Gasteiger charge is 2.28. The third-order valence-corrected chi connectivity index (χ3v) is 6.72. The van der Waals surface area contributed by atoms with Crippen LogP contribution in [0.4, 0.5) is 0 Å². The van der Waals surface area contributed by atoms with Crippen LogP contribution in [-0.4, -0.2) is 43.8 Å². The molecule has 0 spiro atoms. The quantitative estimate of drug-likeness (QED) is 0.270. The number of hydrogen-bond donors (Lipinski definition) is 0. The third-order valence-electron chi connectivity index (χ3n) is 6.72. The summed E-state index contributed by atoms with van der Waals surface area (Å²) in [6.07, 6.45) is 0. The van der Waals surface area contributed by atoms with Gasteiger partial charge in [-0.1, -0.05) is 60.7 Å². The van der Waals surface area contributed by atoms with Gasteiger partial charge in [-0.3, -0.25) is 0 Å². The lowest BCUT2D eigenvalue weighted by atomic mass is 9.95. The number of carbonyl (C=O) groups excluding carboxylic acids is 1. The molecule has 9 heteroatoms. The number of hydrogen-bond acceptors (Lipinski definition) is 7. The largest absolute Gasteiger partial charge is 0.497 e. The molecule has 0 atom stereocenters. The highest BCUT2D eigenvalue weighted by Crippen LogP contribution is 2.36. The first-order valence-corrected chi connectivity index (χ1v) is 12.8. The summed E-state index contributed by atoms with van der Waals surface area (Å²) in [4.78, 5) is 32.5. The number of benzene rings is 3. The van der Waals surface area contributed by atoms with E-state index in [1.54, 1.807) is 27.0 Å². The van der Waals surface area contributed by atoms with Crippen molar-refractivity contribution in [1.29, 1.82) is 0 Å². The van der Waals surface area contributed by atoms with Crippen LogP contribution in [-0.2, 0) is 4.74 Å². The number of aryl methyl sites for hydroxylation is 1. The zero-order chi connectivity index (χ0) is 27.8. The fourth-order valence-corrected chi connectivity index (χ4v) is 4.99. The zero-order valence-electron chi connectivity index (χ0n) is 22.2. The average Bonchev–Trinajstić information content (AvgIpc) is 3.43. The summed E-state index contributed by atoms with van der Waals surface area (Å²) in [5.41, 5.74) is 3.57. The number of para-hydroxylation sites is 1. The minimum Gasteiger partial charge on any atom is -0.497 e. The zero-order valence-corrected chi connectivity index (χ0v) is 22.2. The minimum absolute atomic E-state index is 0.203. The fraction of sp³-hybridized carbons (Fsp3) is 0.129. The molecule has 0 aliphatic heterocycles. The van der Waals surface area contributed by atoms with Crippen molar-refractivity contribution in [2.24, 2.45) is 0 Å². The second kappa shape index (κ2) is 10.1. The first kappa shape index (κ1) is 25.0. The summed E-state index contributed by atoms with van der Waals surface area (Å²) in [7, 11) is 1.58. The molecule has 3 heterocycles. The molecule has 3 aromatic carbocycles. The molecule has 9 nitrogen and oxygen atoms in total. The molecule has 0 fully saturated rings. The first-order chi connectivity index (χ1) is 19.5. The van der Waals surface area contributed by atoms with Gasteiger partial charge in [0.1, 0.15) is 5.75 Å². The normalized spacial score (nSPS) is 11.2. The van der Waals surface area contributed by atoms with Crippen molar-refractivity contribution in [3.8, 4) is 34.0 Å². The molecule has 0 aliphatic carbocycles. The van der Waals surface area contributed by atoms with Gasteiger partial charge in [-0.15, -0.1) is 10.2 Å². The van der Waals surface area contributed by atoms with E-state index in [0.717, 1.165) is 5.56 Å². The van der Waals surface area contributed by atoms with Crippen LogP contribution in [0.5, 0.6) is 5.75 Å². The highest BCUT2D eigenvalue weighted by molar-refractivity contribution is 6.11. The lowest BCUT2D eigenvalue weighted by Crippen LogP contribution is -2.28. The highest BCUT2D eigenvalue weighted by atomic mass is 16.5. The number of esters is 1. The number of nitrogens with zero attached hydrogens (tertiary/aromatic N) is 5. The van der Waals surface area contributed by atoms with E-state index < -0.39 is 11.7 Å². The molecule has 0 radical (unpaired) electrons. The van der Waals surface area contributed by atoms with Crippen molar-refractivity contribution in [3.63, 3.8) is 0 Å². The maximum Gasteiger partial charge on any atom is 0.342 e. The molecular formula is C31H25N5O4. The number of rotatable bonds is 6. The second-order valence-corrected chi connectivity index (χ2v) is 9.10. The molecule has 6 aromatic rings. The third kappa shape index (κ3) is 3.99. The molecule has 40 heavy (non-hydrogen) atoms. The number of fused-ring (bicyclic) bond motifs is 3. The van der Waals surface area contributed by atoms with E-state index in [4.69, 9.17) is 14.5 Å². The van der Waals surface area contributed by atoms with E-state index in [9.17, 15) is 9.59 Å². The van der Waals surface area contributed by atoms with Crippen LogP contribution in [0.3, 0.4) is 0 Å². The molecule has 0 saturated heterocycles. The molecule has 0 amide bonds. The van der Waals surface area contributed by atoms with Crippen LogP contribution >= 0.6 is 0 Å². The van der Waals surface area contributed by atoms with Crippen molar-refractivity contribution >= 4 is 22.6 Å². The molecule has 0 N–H and O–H groups in total. The van der Waals surface area contributed by atoms with Gasteiger partial charge in [0.05, 0.1) is 36.0 Å². The smallest absolute Gasteiger partial charge is 0.342 e. The Balaban J connectivity index is 1.86. The molecule has 0 saturated carbocycles. The van der Waals surface area contributed by atoms with E-state index in [0.29, 0.717) is 50.7 Å². The van der Waals surface area contributed by atoms with Crippen molar-refractivity contribution in [1.82, 2.24) is 24.1 Å². The number of methoxy groups -OCH3 is 1. The SMILES string of the molecule is CCOC(=O)c1c(C)nc2c(c1-c1ccccc1)c1nnc(-c3cccc(OC)c3)n1c(=O)n2-c1ccccc1. The fourth-order valence-electron chi connectivity index (χ4n) is 4.99. The van der Waals surface area contributed by atoms with E-state index in [-0.39, 0.29) is 12.3 Å². The van der Waals surface area contributed by atoms with E-state index in [2.05, 4.69) is 10.2 Å². The first-order valence-electron chi connectivity index (χ1n) is 12.8. The Hall–Kier alpha value is -5.31. The van der Waals surface area contributed by atoms with Crippen molar-refractivity contribution in [3.05, 3.63) is 107 Å². The van der Waals surface area contributed by atoms with Crippen LogP contribution in [0.15, 0.2) is 89.7 Å². The summed E-state index contributed by atoms with van der Waals surface area (Å²) >= 11 is 0. The van der Waals surface area contributed by atoms with Gasteiger partial charge in [0.15, 0.2) is 17.1 Å². The van der Waals surface area contributed by atoms with Gasteiger partial charge in [0.2, 0.25) is 0 Å². The number of pyridine rings is 1. The molecule has 198 valence electrons. The molecule has 0 aliphatic rings. The summed E-state index contributed by atoms with van der Waals surface area (Å²) in [5.74, 6) is 0.449. The summed E-state index contributed by atoms with van der Waals surface area (Å²) in [5, 5.41) is 9.46. The Morgan fingerprint density at radius 1 is 0.875 bits per heavy atom. The topological polar surface area (TPSA) is 101 Å². The maximum atomic E-state index is 14.3. The standard InChI is InChI=1S/C31H25N5O4/c1-4-40-30(37)24-19(2)32-28-26(25(24)20-12-7-5-8-13-20)29-34-33-27(21-14-11-17-23(18-21)39-3)36(29)31(38)35(28)22-15-9-6-10-16-22/h5-18H,4H2,1-3H3. The summed E-state index contributed by atoms with van der Waals surface area (Å²) in [6, 6.07) is 26.0. The van der Waals surface area contributed by atoms with Crippen molar-refractivity contribution in [2.45, 2.75) is 13.8 Å². The minimum atomic E-state index is -0.503. The molecular weight excluding hydrogens is 506 g/mol. The van der Waals surface area contributed by atoms with Crippen LogP contribution in [0.1, 0.15) is 23.0 Å². The van der Waals surface area contributed by atoms with Gasteiger partial charge in [-0.25, -0.2) is 23.5 Å². The summed E-state index contributed by atoms with van der Waals surface area (Å²) < 4.78 is 13.9. The Morgan fingerprint density at radius 2 is 1.57 bits per heavy atom. The van der Waals surface area contributed by atoms with Gasteiger partial charge >= 0.3 is 11.7 Å². The average molecular weight is 532 g/mol. The van der Waals surface area contributed by atoms with Crippen molar-refractivity contribution < 1.29 is 14.3 Å². The number of ether oxygens (including phenoxy) is 2. The number of aromatic nitrogens is 5. The molecule has 3 aromatic heterocycles. The Labute approximate surface area is 229 Å². The van der Waals surface area contributed by atoms with Gasteiger partial charge in [-0.05, 0) is 43.7 Å². The number of carbonyl (C=O) groups is 1. The monoisotopic (exact) mass is 531 g/mol. The Bertz CT molecular complexity index is 1950. The molecule has 6 rings (SSSR count). The lowest BCUT2D eigenvalue weighted by Gasteiger charge is -2.18. The maximum absolute atomic E-state index is 14.3. The van der Waals surface area contributed by atoms with Crippen LogP contribution < -0.4 is 10.4 Å². The van der Waals surface area contributed by atoms with E-state index >= 15 is 0 Å². The summed E-state index contributed by atoms with van der Waals surface area (Å²) in [6.45, 7) is 3.70. The predicted molar refractivity (Wildman–Crippen MR) is 152 cm³/mol. The van der Waals surface area contributed by atoms with Gasteiger partial charge in [0, 0.05) is 11.1 Å². The van der Waals surface area contributed by atoms with Gasteiger partial charge in [0.25, 0.3) is 0 Å². The second-order valence-electron chi connectivity index (χ2n) is 9.10. The molecule has 0 unspecified atom stereocenters. The Morgan fingerprint density at radius 3 is 2.27 bits per heavy atom. The van der Waals surface area contributed by atoms with Crippen LogP contribution in [0.25, 0.3) is 44.9 Å². The molecule has 0 bridgehead atoms. The van der Waals surface area contributed by atoms with Crippen LogP contribution in [0.2, 0.25) is 0 Å². The van der Waals surface area contributed by atoms with Gasteiger partial charge < -0.3 is 9.47 Å². The van der Waals surface area contributed by atoms with E-state index in [1.165, 1.54) is 8.97 Å². The van der Waals surface area contributed by atoms with Gasteiger partial charge in [-0.2, -0.15) is 0 Å². The van der Waals surface area contributed by atoms with Crippen molar-refractivity contribution in [2.75, 3.05) is 13.7 Å². The predicted octanol–water partition coefficient (Wildman–Crippen LogP) is 5.26.